The first-order chi connectivity index (χ1) is 14.6. The molecule has 12 heteroatoms. The highest BCUT2D eigenvalue weighted by Gasteiger charge is 2.30. The van der Waals surface area contributed by atoms with Crippen molar-refractivity contribution in [2.45, 2.75) is 63.7 Å². The van der Waals surface area contributed by atoms with Crippen molar-refractivity contribution in [3.8, 4) is 0 Å². The van der Waals surface area contributed by atoms with Gasteiger partial charge in [0.2, 0.25) is 17.7 Å². The van der Waals surface area contributed by atoms with Gasteiger partial charge in [0, 0.05) is 0 Å². The lowest BCUT2D eigenvalue weighted by molar-refractivity contribution is -0.142. The Morgan fingerprint density at radius 3 is 1.94 bits per heavy atom. The molecule has 0 aromatic rings. The van der Waals surface area contributed by atoms with Crippen molar-refractivity contribution in [3.63, 3.8) is 0 Å². The van der Waals surface area contributed by atoms with Crippen LogP contribution in [0.1, 0.15) is 39.5 Å². The van der Waals surface area contributed by atoms with Crippen LogP contribution in [0.3, 0.4) is 0 Å². The molecule has 180 valence electrons. The number of nitrogens with one attached hydrogen (secondary N) is 3. The second kappa shape index (κ2) is 15.8. The third-order valence-electron chi connectivity index (χ3n) is 4.64. The highest BCUT2D eigenvalue weighted by molar-refractivity contribution is 7.98. The zero-order valence-electron chi connectivity index (χ0n) is 18.4. The summed E-state index contributed by atoms with van der Waals surface area (Å²) in [5.41, 5.74) is 11.2. The maximum atomic E-state index is 12.7. The van der Waals surface area contributed by atoms with E-state index in [-0.39, 0.29) is 12.3 Å². The molecule has 4 atom stereocenters. The normalized spacial score (nSPS) is 14.9. The third-order valence-corrected chi connectivity index (χ3v) is 5.29. The number of unbranched alkanes of at least 4 members (excludes halogenated alkanes) is 1. The highest BCUT2D eigenvalue weighted by atomic mass is 32.2. The summed E-state index contributed by atoms with van der Waals surface area (Å²) in [7, 11) is 0. The van der Waals surface area contributed by atoms with Crippen LogP contribution in [-0.4, -0.2) is 83.2 Å². The van der Waals surface area contributed by atoms with E-state index < -0.39 is 54.5 Å². The minimum Gasteiger partial charge on any atom is -0.480 e. The maximum absolute atomic E-state index is 12.7. The lowest BCUT2D eigenvalue weighted by Gasteiger charge is -2.25. The summed E-state index contributed by atoms with van der Waals surface area (Å²) >= 11 is 1.48. The Kier molecular flexibility index (Phi) is 14.9. The summed E-state index contributed by atoms with van der Waals surface area (Å²) in [4.78, 5) is 48.8. The first kappa shape index (κ1) is 29.1. The first-order valence-electron chi connectivity index (χ1n) is 10.3. The van der Waals surface area contributed by atoms with E-state index >= 15 is 0 Å². The monoisotopic (exact) mass is 463 g/mol. The molecule has 0 aromatic heterocycles. The van der Waals surface area contributed by atoms with E-state index in [0.29, 0.717) is 31.6 Å². The van der Waals surface area contributed by atoms with Gasteiger partial charge in [-0.3, -0.25) is 14.4 Å². The zero-order valence-corrected chi connectivity index (χ0v) is 19.2. The number of carboxylic acids is 1. The van der Waals surface area contributed by atoms with Gasteiger partial charge in [-0.2, -0.15) is 11.8 Å². The fraction of sp³-hybridized carbons (Fsp3) is 0.789. The molecule has 31 heavy (non-hydrogen) atoms. The average molecular weight is 464 g/mol. The number of amides is 3. The molecule has 0 aliphatic rings. The standard InChI is InChI=1S/C19H37N5O6S/c1-11(2)15(21)18(28)22-12(7-9-31-3)16(26)24-14(10-25)17(27)23-13(19(29)30)6-4-5-8-20/h11-15,25H,4-10,20-21H2,1-3H3,(H,22,28)(H,23,27)(H,24,26)(H,29,30). The molecule has 4 unspecified atom stereocenters. The van der Waals surface area contributed by atoms with E-state index in [2.05, 4.69) is 16.0 Å². The van der Waals surface area contributed by atoms with Crippen molar-refractivity contribution in [1.82, 2.24) is 16.0 Å². The van der Waals surface area contributed by atoms with Gasteiger partial charge in [0.05, 0.1) is 12.6 Å². The molecule has 0 radical (unpaired) electrons. The molecule has 0 rings (SSSR count). The lowest BCUT2D eigenvalue weighted by atomic mass is 10.0. The lowest BCUT2D eigenvalue weighted by Crippen LogP contribution is -2.58. The minimum absolute atomic E-state index is 0.132. The smallest absolute Gasteiger partial charge is 0.326 e. The Morgan fingerprint density at radius 1 is 0.903 bits per heavy atom. The number of carboxylic acid groups (broad SMARTS) is 1. The Hall–Kier alpha value is -1.89. The highest BCUT2D eigenvalue weighted by Crippen LogP contribution is 2.05. The molecule has 0 spiro atoms. The van der Waals surface area contributed by atoms with Crippen LogP contribution in [0.2, 0.25) is 0 Å². The van der Waals surface area contributed by atoms with Crippen LogP contribution >= 0.6 is 11.8 Å². The molecule has 0 saturated carbocycles. The summed E-state index contributed by atoms with van der Waals surface area (Å²) in [6.45, 7) is 3.22. The van der Waals surface area contributed by atoms with Gasteiger partial charge in [0.15, 0.2) is 0 Å². The Bertz CT molecular complexity index is 592. The molecule has 0 bridgehead atoms. The van der Waals surface area contributed by atoms with E-state index in [0.717, 1.165) is 0 Å². The molecule has 0 heterocycles. The van der Waals surface area contributed by atoms with Crippen molar-refractivity contribution in [2.75, 3.05) is 25.2 Å². The van der Waals surface area contributed by atoms with Crippen molar-refractivity contribution < 1.29 is 29.4 Å². The molecule has 0 aliphatic heterocycles. The Labute approximate surface area is 187 Å². The van der Waals surface area contributed by atoms with Crippen molar-refractivity contribution in [2.24, 2.45) is 17.4 Å². The van der Waals surface area contributed by atoms with Gasteiger partial charge in [-0.15, -0.1) is 0 Å². The Balaban J connectivity index is 5.13. The molecule has 0 saturated heterocycles. The van der Waals surface area contributed by atoms with Gasteiger partial charge >= 0.3 is 5.97 Å². The summed E-state index contributed by atoms with van der Waals surface area (Å²) in [6.07, 6.45) is 3.42. The third kappa shape index (κ3) is 11.3. The summed E-state index contributed by atoms with van der Waals surface area (Å²) in [5, 5.41) is 26.1. The molecule has 0 fully saturated rings. The number of nitrogens with two attached hydrogens (primary N) is 2. The number of aliphatic carboxylic acids is 1. The summed E-state index contributed by atoms with van der Waals surface area (Å²) in [5.74, 6) is -2.78. The van der Waals surface area contributed by atoms with Crippen LogP contribution in [-0.2, 0) is 19.2 Å². The predicted molar refractivity (Wildman–Crippen MR) is 119 cm³/mol. The molecular weight excluding hydrogens is 426 g/mol. The largest absolute Gasteiger partial charge is 0.480 e. The number of aliphatic hydroxyl groups is 1. The SMILES string of the molecule is CSCCC(NC(=O)C(N)C(C)C)C(=O)NC(CO)C(=O)NC(CCCCN)C(=O)O. The fourth-order valence-electron chi connectivity index (χ4n) is 2.56. The van der Waals surface area contributed by atoms with Crippen LogP contribution in [0.25, 0.3) is 0 Å². The van der Waals surface area contributed by atoms with Gasteiger partial charge in [-0.25, -0.2) is 4.79 Å². The van der Waals surface area contributed by atoms with Crippen LogP contribution < -0.4 is 27.4 Å². The van der Waals surface area contributed by atoms with E-state index in [9.17, 15) is 29.4 Å². The fourth-order valence-corrected chi connectivity index (χ4v) is 3.04. The van der Waals surface area contributed by atoms with Crippen LogP contribution in [0.4, 0.5) is 0 Å². The van der Waals surface area contributed by atoms with Gasteiger partial charge < -0.3 is 37.6 Å². The van der Waals surface area contributed by atoms with Crippen LogP contribution in [0.5, 0.6) is 0 Å². The average Bonchev–Trinajstić information content (AvgIpc) is 2.72. The number of aliphatic hydroxyl groups excluding tert-OH is 1. The number of rotatable bonds is 16. The minimum atomic E-state index is -1.36. The maximum Gasteiger partial charge on any atom is 0.326 e. The molecular formula is C19H37N5O6S. The van der Waals surface area contributed by atoms with Crippen LogP contribution in [0.15, 0.2) is 0 Å². The van der Waals surface area contributed by atoms with E-state index in [1.807, 2.05) is 6.26 Å². The summed E-state index contributed by atoms with van der Waals surface area (Å²) in [6, 6.07) is -4.28. The van der Waals surface area contributed by atoms with E-state index in [1.54, 1.807) is 13.8 Å². The van der Waals surface area contributed by atoms with Crippen LogP contribution in [0, 0.1) is 5.92 Å². The number of carbonyl (C=O) groups excluding carboxylic acids is 3. The van der Waals surface area contributed by atoms with Crippen molar-refractivity contribution in [3.05, 3.63) is 0 Å². The quantitative estimate of drug-likeness (QED) is 0.132. The zero-order chi connectivity index (χ0) is 24.0. The van der Waals surface area contributed by atoms with Gasteiger partial charge in [0.1, 0.15) is 18.1 Å². The molecule has 3 amide bonds. The Morgan fingerprint density at radius 2 is 1.45 bits per heavy atom. The predicted octanol–water partition coefficient (Wildman–Crippen LogP) is -1.62. The van der Waals surface area contributed by atoms with Crippen molar-refractivity contribution in [1.29, 1.82) is 0 Å². The van der Waals surface area contributed by atoms with Gasteiger partial charge in [-0.05, 0) is 50.2 Å². The summed E-state index contributed by atoms with van der Waals surface area (Å²) < 4.78 is 0. The number of hydrogen-bond acceptors (Lipinski definition) is 8. The van der Waals surface area contributed by atoms with Gasteiger partial charge in [0.25, 0.3) is 0 Å². The number of carbonyl (C=O) groups is 4. The van der Waals surface area contributed by atoms with Crippen molar-refractivity contribution >= 4 is 35.5 Å². The number of hydrogen-bond donors (Lipinski definition) is 7. The topological polar surface area (TPSA) is 197 Å². The van der Waals surface area contributed by atoms with E-state index in [1.165, 1.54) is 11.8 Å². The second-order valence-corrected chi connectivity index (χ2v) is 8.53. The second-order valence-electron chi connectivity index (χ2n) is 7.54. The molecule has 0 aliphatic carbocycles. The first-order valence-corrected chi connectivity index (χ1v) is 11.7. The number of thioether (sulfide) groups is 1. The van der Waals surface area contributed by atoms with E-state index in [4.69, 9.17) is 11.5 Å². The van der Waals surface area contributed by atoms with Gasteiger partial charge in [-0.1, -0.05) is 13.8 Å². The molecule has 9 N–H and O–H groups in total. The molecule has 11 nitrogen and oxygen atoms in total. The molecule has 0 aromatic carbocycles.